The molecule has 0 aromatic rings. The smallest absolute Gasteiger partial charge is 0.327 e. The molecule has 2 aliphatic rings. The molecule has 110 valence electrons. The summed E-state index contributed by atoms with van der Waals surface area (Å²) in [6.07, 6.45) is 3.27. The summed E-state index contributed by atoms with van der Waals surface area (Å²) in [6, 6.07) is 0. The highest BCUT2D eigenvalue weighted by molar-refractivity contribution is 5.82. The lowest BCUT2D eigenvalue weighted by molar-refractivity contribution is -0.151. The second kappa shape index (κ2) is 6.20. The fourth-order valence-electron chi connectivity index (χ4n) is 2.82. The van der Waals surface area contributed by atoms with Gasteiger partial charge in [-0.05, 0) is 39.0 Å². The fraction of sp³-hybridized carbons (Fsp3) is 0.929. The Morgan fingerprint density at radius 2 is 2.26 bits per heavy atom. The first-order valence-corrected chi connectivity index (χ1v) is 7.36. The van der Waals surface area contributed by atoms with E-state index in [0.29, 0.717) is 13.2 Å². The van der Waals surface area contributed by atoms with Crippen LogP contribution >= 0.6 is 0 Å². The maximum atomic E-state index is 12.2. The lowest BCUT2D eigenvalue weighted by Crippen LogP contribution is -2.59. The van der Waals surface area contributed by atoms with E-state index in [4.69, 9.17) is 15.2 Å². The zero-order valence-corrected chi connectivity index (χ0v) is 12.1. The minimum absolute atomic E-state index is 0.202. The first-order valence-electron chi connectivity index (χ1n) is 7.36. The van der Waals surface area contributed by atoms with Gasteiger partial charge in [-0.3, -0.25) is 4.90 Å². The van der Waals surface area contributed by atoms with Gasteiger partial charge in [0.2, 0.25) is 0 Å². The van der Waals surface area contributed by atoms with E-state index in [2.05, 4.69) is 11.8 Å². The summed E-state index contributed by atoms with van der Waals surface area (Å²) in [5.41, 5.74) is 5.57. The second-order valence-electron chi connectivity index (χ2n) is 5.81. The molecule has 19 heavy (non-hydrogen) atoms. The van der Waals surface area contributed by atoms with Crippen LogP contribution in [0.2, 0.25) is 0 Å². The van der Waals surface area contributed by atoms with Crippen LogP contribution in [0.15, 0.2) is 0 Å². The molecule has 2 unspecified atom stereocenters. The highest BCUT2D eigenvalue weighted by atomic mass is 16.5. The van der Waals surface area contributed by atoms with Crippen molar-refractivity contribution >= 4 is 5.97 Å². The summed E-state index contributed by atoms with van der Waals surface area (Å²) in [7, 11) is 0. The quantitative estimate of drug-likeness (QED) is 0.748. The van der Waals surface area contributed by atoms with Crippen molar-refractivity contribution in [2.45, 2.75) is 44.8 Å². The summed E-state index contributed by atoms with van der Waals surface area (Å²) in [5, 5.41) is 0. The molecule has 0 spiro atoms. The van der Waals surface area contributed by atoms with Crippen molar-refractivity contribution in [2.75, 3.05) is 32.8 Å². The summed E-state index contributed by atoms with van der Waals surface area (Å²) < 4.78 is 10.8. The first-order chi connectivity index (χ1) is 9.06. The monoisotopic (exact) mass is 270 g/mol. The summed E-state index contributed by atoms with van der Waals surface area (Å²) in [5.74, 6) is 0.0429. The third kappa shape index (κ3) is 3.68. The average Bonchev–Trinajstić information content (AvgIpc) is 3.17. The van der Waals surface area contributed by atoms with Crippen LogP contribution in [0, 0.1) is 5.92 Å². The predicted octanol–water partition coefficient (Wildman–Crippen LogP) is 0.768. The minimum atomic E-state index is -0.833. The van der Waals surface area contributed by atoms with Gasteiger partial charge in [-0.15, -0.1) is 0 Å². The van der Waals surface area contributed by atoms with Crippen molar-refractivity contribution in [2.24, 2.45) is 11.7 Å². The molecular weight excluding hydrogens is 244 g/mol. The van der Waals surface area contributed by atoms with Crippen LogP contribution in [0.5, 0.6) is 0 Å². The van der Waals surface area contributed by atoms with Crippen LogP contribution in [-0.4, -0.2) is 55.4 Å². The fourth-order valence-corrected chi connectivity index (χ4v) is 2.82. The van der Waals surface area contributed by atoms with Gasteiger partial charge in [0.05, 0.1) is 12.7 Å². The minimum Gasteiger partial charge on any atom is -0.465 e. The zero-order valence-electron chi connectivity index (χ0n) is 12.1. The Labute approximate surface area is 115 Å². The van der Waals surface area contributed by atoms with E-state index in [1.54, 1.807) is 0 Å². The van der Waals surface area contributed by atoms with Crippen LogP contribution < -0.4 is 5.73 Å². The second-order valence-corrected chi connectivity index (χ2v) is 5.81. The molecule has 1 heterocycles. The molecule has 0 radical (unpaired) electrons. The summed E-state index contributed by atoms with van der Waals surface area (Å²) in [6.45, 7) is 7.44. The Bertz CT molecular complexity index is 320. The lowest BCUT2D eigenvalue weighted by atomic mass is 9.93. The van der Waals surface area contributed by atoms with Gasteiger partial charge in [0, 0.05) is 26.2 Å². The Kier molecular flexibility index (Phi) is 4.81. The molecule has 0 aromatic heterocycles. The van der Waals surface area contributed by atoms with E-state index in [0.717, 1.165) is 39.0 Å². The Hall–Kier alpha value is -0.650. The van der Waals surface area contributed by atoms with E-state index in [9.17, 15) is 4.79 Å². The molecule has 0 bridgehead atoms. The molecule has 0 aromatic carbocycles. The first kappa shape index (κ1) is 14.8. The van der Waals surface area contributed by atoms with Gasteiger partial charge in [0.15, 0.2) is 0 Å². The molecule has 1 saturated heterocycles. The zero-order chi connectivity index (χ0) is 13.9. The average molecular weight is 270 g/mol. The van der Waals surface area contributed by atoms with Crippen molar-refractivity contribution in [1.29, 1.82) is 0 Å². The Morgan fingerprint density at radius 1 is 1.53 bits per heavy atom. The number of hydrogen-bond acceptors (Lipinski definition) is 5. The molecule has 2 N–H and O–H groups in total. The Morgan fingerprint density at radius 3 is 2.89 bits per heavy atom. The molecular formula is C14H26N2O3. The maximum Gasteiger partial charge on any atom is 0.327 e. The number of nitrogens with zero attached hydrogens (tertiary/aromatic N) is 1. The van der Waals surface area contributed by atoms with E-state index in [1.807, 2.05) is 6.92 Å². The van der Waals surface area contributed by atoms with Crippen molar-refractivity contribution in [3.8, 4) is 0 Å². The number of nitrogens with two attached hydrogens (primary N) is 1. The molecule has 2 atom stereocenters. The lowest BCUT2D eigenvalue weighted by Gasteiger charge is -2.33. The molecule has 5 heteroatoms. The summed E-state index contributed by atoms with van der Waals surface area (Å²) >= 11 is 0. The van der Waals surface area contributed by atoms with E-state index >= 15 is 0 Å². The maximum absolute atomic E-state index is 12.2. The number of esters is 1. The van der Waals surface area contributed by atoms with Gasteiger partial charge in [0.25, 0.3) is 0 Å². The van der Waals surface area contributed by atoms with Gasteiger partial charge >= 0.3 is 5.97 Å². The molecule has 2 rings (SSSR count). The number of rotatable bonds is 5. The molecule has 2 fully saturated rings. The van der Waals surface area contributed by atoms with Crippen molar-refractivity contribution in [3.05, 3.63) is 0 Å². The van der Waals surface area contributed by atoms with Crippen LogP contribution in [0.1, 0.15) is 33.1 Å². The van der Waals surface area contributed by atoms with Crippen molar-refractivity contribution < 1.29 is 14.3 Å². The van der Waals surface area contributed by atoms with Crippen LogP contribution in [0.4, 0.5) is 0 Å². The van der Waals surface area contributed by atoms with E-state index in [-0.39, 0.29) is 18.0 Å². The third-order valence-electron chi connectivity index (χ3n) is 3.98. The standard InChI is InChI=1S/C14H26N2O3/c1-3-18-13(17)14(15,12-5-6-12)10-16-7-4-8-19-11(2)9-16/h11-12H,3-10,15H2,1-2H3. The topological polar surface area (TPSA) is 64.8 Å². The molecule has 1 saturated carbocycles. The van der Waals surface area contributed by atoms with Gasteiger partial charge in [-0.2, -0.15) is 0 Å². The molecule has 5 nitrogen and oxygen atoms in total. The highest BCUT2D eigenvalue weighted by Gasteiger charge is 2.50. The molecule has 0 amide bonds. The number of carbonyl (C=O) groups is 1. The number of hydrogen-bond donors (Lipinski definition) is 1. The molecule has 1 aliphatic heterocycles. The highest BCUT2D eigenvalue weighted by Crippen LogP contribution is 2.39. The van der Waals surface area contributed by atoms with Crippen molar-refractivity contribution in [3.63, 3.8) is 0 Å². The van der Waals surface area contributed by atoms with Gasteiger partial charge < -0.3 is 15.2 Å². The third-order valence-corrected chi connectivity index (χ3v) is 3.98. The van der Waals surface area contributed by atoms with Gasteiger partial charge in [-0.1, -0.05) is 0 Å². The van der Waals surface area contributed by atoms with Gasteiger partial charge in [0.1, 0.15) is 5.54 Å². The largest absolute Gasteiger partial charge is 0.465 e. The van der Waals surface area contributed by atoms with E-state index < -0.39 is 5.54 Å². The number of carbonyl (C=O) groups excluding carboxylic acids is 1. The normalized spacial score (nSPS) is 28.5. The van der Waals surface area contributed by atoms with Gasteiger partial charge in [-0.25, -0.2) is 4.79 Å². The van der Waals surface area contributed by atoms with E-state index in [1.165, 1.54) is 0 Å². The Balaban J connectivity index is 2.01. The van der Waals surface area contributed by atoms with Crippen LogP contribution in [-0.2, 0) is 14.3 Å². The SMILES string of the molecule is CCOC(=O)C(N)(CN1CCCOC(C)C1)C1CC1. The van der Waals surface area contributed by atoms with Crippen LogP contribution in [0.3, 0.4) is 0 Å². The molecule has 1 aliphatic carbocycles. The van der Waals surface area contributed by atoms with Crippen molar-refractivity contribution in [1.82, 2.24) is 4.90 Å². The predicted molar refractivity (Wildman–Crippen MR) is 72.7 cm³/mol. The number of ether oxygens (including phenoxy) is 2. The summed E-state index contributed by atoms with van der Waals surface area (Å²) in [4.78, 5) is 14.4. The van der Waals surface area contributed by atoms with Crippen LogP contribution in [0.25, 0.3) is 0 Å².